The highest BCUT2D eigenvalue weighted by Gasteiger charge is 2.05. The van der Waals surface area contributed by atoms with E-state index in [1.165, 1.54) is 12.4 Å². The molecule has 14 heavy (non-hydrogen) atoms. The molecule has 0 aliphatic heterocycles. The SMILES string of the molecule is CC(N)CC(C)Nc1cc(=O)[nH]cn1. The number of rotatable bonds is 4. The molecule has 5 nitrogen and oxygen atoms in total. The maximum atomic E-state index is 10.9. The summed E-state index contributed by atoms with van der Waals surface area (Å²) in [6, 6.07) is 1.78. The highest BCUT2D eigenvalue weighted by molar-refractivity contribution is 5.32. The summed E-state index contributed by atoms with van der Waals surface area (Å²) in [6.45, 7) is 3.95. The lowest BCUT2D eigenvalue weighted by atomic mass is 10.1. The quantitative estimate of drug-likeness (QED) is 0.647. The Morgan fingerprint density at radius 2 is 2.36 bits per heavy atom. The van der Waals surface area contributed by atoms with E-state index in [-0.39, 0.29) is 17.6 Å². The Hall–Kier alpha value is -1.36. The first kappa shape index (κ1) is 10.7. The van der Waals surface area contributed by atoms with Gasteiger partial charge in [-0.2, -0.15) is 0 Å². The predicted molar refractivity (Wildman–Crippen MR) is 56.2 cm³/mol. The van der Waals surface area contributed by atoms with Crippen LogP contribution in [0.1, 0.15) is 20.3 Å². The van der Waals surface area contributed by atoms with E-state index in [1.807, 2.05) is 13.8 Å². The van der Waals surface area contributed by atoms with Crippen LogP contribution in [0.2, 0.25) is 0 Å². The molecule has 4 N–H and O–H groups in total. The average molecular weight is 196 g/mol. The molecule has 0 fully saturated rings. The van der Waals surface area contributed by atoms with Crippen molar-refractivity contribution in [1.29, 1.82) is 0 Å². The Kier molecular flexibility index (Phi) is 3.64. The van der Waals surface area contributed by atoms with E-state index in [9.17, 15) is 4.79 Å². The van der Waals surface area contributed by atoms with Gasteiger partial charge >= 0.3 is 0 Å². The van der Waals surface area contributed by atoms with Gasteiger partial charge in [0.2, 0.25) is 0 Å². The molecular formula is C9H16N4O. The van der Waals surface area contributed by atoms with E-state index in [1.54, 1.807) is 0 Å². The molecule has 0 saturated heterocycles. The molecule has 2 unspecified atom stereocenters. The number of H-pyrrole nitrogens is 1. The molecule has 0 radical (unpaired) electrons. The lowest BCUT2D eigenvalue weighted by molar-refractivity contribution is 0.603. The number of nitrogens with two attached hydrogens (primary N) is 1. The number of nitrogens with one attached hydrogen (secondary N) is 2. The molecule has 5 heteroatoms. The van der Waals surface area contributed by atoms with Crippen molar-refractivity contribution < 1.29 is 0 Å². The van der Waals surface area contributed by atoms with Crippen molar-refractivity contribution >= 4 is 5.82 Å². The molecule has 0 aliphatic carbocycles. The lowest BCUT2D eigenvalue weighted by Gasteiger charge is -2.15. The number of hydrogen-bond donors (Lipinski definition) is 3. The third-order valence-electron chi connectivity index (χ3n) is 1.80. The van der Waals surface area contributed by atoms with Gasteiger partial charge in [-0.05, 0) is 20.3 Å². The van der Waals surface area contributed by atoms with Crippen molar-refractivity contribution in [2.75, 3.05) is 5.32 Å². The minimum absolute atomic E-state index is 0.138. The van der Waals surface area contributed by atoms with Crippen LogP contribution in [0.5, 0.6) is 0 Å². The number of aromatic amines is 1. The average Bonchev–Trinajstić information content (AvgIpc) is 2.01. The summed E-state index contributed by atoms with van der Waals surface area (Å²) in [6.07, 6.45) is 2.22. The highest BCUT2D eigenvalue weighted by atomic mass is 16.1. The van der Waals surface area contributed by atoms with Crippen LogP contribution < -0.4 is 16.6 Å². The summed E-state index contributed by atoms with van der Waals surface area (Å²) < 4.78 is 0. The fourth-order valence-electron chi connectivity index (χ4n) is 1.32. The topological polar surface area (TPSA) is 83.8 Å². The number of nitrogens with zero attached hydrogens (tertiary/aromatic N) is 1. The first-order valence-electron chi connectivity index (χ1n) is 4.65. The molecular weight excluding hydrogens is 180 g/mol. The minimum atomic E-state index is -0.157. The monoisotopic (exact) mass is 196 g/mol. The van der Waals surface area contributed by atoms with Gasteiger partial charge in [0.25, 0.3) is 5.56 Å². The zero-order chi connectivity index (χ0) is 10.6. The molecule has 0 aliphatic rings. The normalized spacial score (nSPS) is 14.8. The van der Waals surface area contributed by atoms with Gasteiger partial charge in [-0.25, -0.2) is 4.98 Å². The maximum Gasteiger partial charge on any atom is 0.252 e. The molecule has 1 rings (SSSR count). The van der Waals surface area contributed by atoms with Crippen molar-refractivity contribution in [3.8, 4) is 0 Å². The van der Waals surface area contributed by atoms with E-state index in [4.69, 9.17) is 5.73 Å². The van der Waals surface area contributed by atoms with E-state index in [0.717, 1.165) is 6.42 Å². The smallest absolute Gasteiger partial charge is 0.252 e. The predicted octanol–water partition coefficient (Wildman–Crippen LogP) is 0.308. The molecule has 0 spiro atoms. The van der Waals surface area contributed by atoms with Crippen LogP contribution in [-0.4, -0.2) is 22.1 Å². The molecule has 78 valence electrons. The van der Waals surface area contributed by atoms with Crippen LogP contribution in [0.3, 0.4) is 0 Å². The highest BCUT2D eigenvalue weighted by Crippen LogP contribution is 2.03. The van der Waals surface area contributed by atoms with Crippen LogP contribution >= 0.6 is 0 Å². The summed E-state index contributed by atoms with van der Waals surface area (Å²) in [5.41, 5.74) is 5.49. The first-order valence-corrected chi connectivity index (χ1v) is 4.65. The first-order chi connectivity index (χ1) is 6.58. The molecule has 2 atom stereocenters. The Labute approximate surface area is 82.7 Å². The van der Waals surface area contributed by atoms with Crippen molar-refractivity contribution in [3.05, 3.63) is 22.7 Å². The largest absolute Gasteiger partial charge is 0.367 e. The summed E-state index contributed by atoms with van der Waals surface area (Å²) >= 11 is 0. The van der Waals surface area contributed by atoms with Gasteiger partial charge in [-0.3, -0.25) is 4.79 Å². The molecule has 0 amide bonds. The minimum Gasteiger partial charge on any atom is -0.367 e. The molecule has 1 heterocycles. The van der Waals surface area contributed by atoms with Crippen molar-refractivity contribution in [3.63, 3.8) is 0 Å². The number of hydrogen-bond acceptors (Lipinski definition) is 4. The number of anilines is 1. The third kappa shape index (κ3) is 3.57. The van der Waals surface area contributed by atoms with Crippen LogP contribution in [0.25, 0.3) is 0 Å². The summed E-state index contributed by atoms with van der Waals surface area (Å²) in [5, 5.41) is 3.10. The molecule has 0 bridgehead atoms. The molecule has 0 saturated carbocycles. The second kappa shape index (κ2) is 4.76. The van der Waals surface area contributed by atoms with Crippen LogP contribution in [0.4, 0.5) is 5.82 Å². The molecule has 1 aromatic rings. The van der Waals surface area contributed by atoms with Gasteiger partial charge in [0.05, 0.1) is 6.33 Å². The Morgan fingerprint density at radius 3 is 2.93 bits per heavy atom. The van der Waals surface area contributed by atoms with E-state index >= 15 is 0 Å². The second-order valence-corrected chi connectivity index (χ2v) is 3.55. The Bertz CT molecular complexity index is 334. The van der Waals surface area contributed by atoms with Gasteiger partial charge in [0.1, 0.15) is 5.82 Å². The zero-order valence-electron chi connectivity index (χ0n) is 8.45. The van der Waals surface area contributed by atoms with E-state index in [0.29, 0.717) is 5.82 Å². The van der Waals surface area contributed by atoms with Crippen LogP contribution in [0, 0.1) is 0 Å². The Morgan fingerprint density at radius 1 is 1.64 bits per heavy atom. The van der Waals surface area contributed by atoms with Gasteiger partial charge < -0.3 is 16.0 Å². The molecule has 0 aromatic carbocycles. The summed E-state index contributed by atoms with van der Waals surface area (Å²) in [4.78, 5) is 17.4. The zero-order valence-corrected chi connectivity index (χ0v) is 8.45. The van der Waals surface area contributed by atoms with Gasteiger partial charge in [-0.1, -0.05) is 0 Å². The second-order valence-electron chi connectivity index (χ2n) is 3.55. The summed E-state index contributed by atoms with van der Waals surface area (Å²) in [5.74, 6) is 0.585. The Balaban J connectivity index is 2.56. The fraction of sp³-hybridized carbons (Fsp3) is 0.556. The third-order valence-corrected chi connectivity index (χ3v) is 1.80. The number of aromatic nitrogens is 2. The van der Waals surface area contributed by atoms with E-state index in [2.05, 4.69) is 15.3 Å². The fourth-order valence-corrected chi connectivity index (χ4v) is 1.32. The van der Waals surface area contributed by atoms with Gasteiger partial charge in [0.15, 0.2) is 0 Å². The van der Waals surface area contributed by atoms with E-state index < -0.39 is 0 Å². The van der Waals surface area contributed by atoms with Crippen LogP contribution in [-0.2, 0) is 0 Å². The van der Waals surface area contributed by atoms with Crippen molar-refractivity contribution in [2.45, 2.75) is 32.4 Å². The van der Waals surface area contributed by atoms with Gasteiger partial charge in [-0.15, -0.1) is 0 Å². The lowest BCUT2D eigenvalue weighted by Crippen LogP contribution is -2.27. The standard InChI is InChI=1S/C9H16N4O/c1-6(10)3-7(2)13-8-4-9(14)12-5-11-8/h4-7H,3,10H2,1-2H3,(H2,11,12,13,14). The summed E-state index contributed by atoms with van der Waals surface area (Å²) in [7, 11) is 0. The molecule has 1 aromatic heterocycles. The van der Waals surface area contributed by atoms with Crippen molar-refractivity contribution in [2.24, 2.45) is 5.73 Å². The van der Waals surface area contributed by atoms with Gasteiger partial charge in [0, 0.05) is 18.2 Å². The van der Waals surface area contributed by atoms with Crippen LogP contribution in [0.15, 0.2) is 17.2 Å². The maximum absolute atomic E-state index is 10.9. The van der Waals surface area contributed by atoms with Crippen molar-refractivity contribution in [1.82, 2.24) is 9.97 Å².